The Bertz CT molecular complexity index is 300. The van der Waals surface area contributed by atoms with Crippen molar-refractivity contribution in [2.24, 2.45) is 5.73 Å². The summed E-state index contributed by atoms with van der Waals surface area (Å²) in [7, 11) is 0. The van der Waals surface area contributed by atoms with Gasteiger partial charge in [0.15, 0.2) is 0 Å². The number of hydrogen-bond acceptors (Lipinski definition) is 2. The summed E-state index contributed by atoms with van der Waals surface area (Å²) < 4.78 is 2.78. The van der Waals surface area contributed by atoms with E-state index in [2.05, 4.69) is 4.74 Å². The molecular weight excluding hydrogens is 213 g/mol. The van der Waals surface area contributed by atoms with Gasteiger partial charge in [0.1, 0.15) is 0 Å². The van der Waals surface area contributed by atoms with E-state index in [-0.39, 0.29) is 0 Å². The zero-order chi connectivity index (χ0) is 9.90. The molecule has 0 atom stereocenters. The van der Waals surface area contributed by atoms with Gasteiger partial charge in [-0.2, -0.15) is 0 Å². The van der Waals surface area contributed by atoms with Gasteiger partial charge in [-0.05, 0) is 0 Å². The van der Waals surface area contributed by atoms with Crippen LogP contribution in [0.2, 0.25) is 0 Å². The van der Waals surface area contributed by atoms with E-state index in [1.807, 2.05) is 0 Å². The monoisotopic (exact) mass is 219 g/mol. The van der Waals surface area contributed by atoms with Crippen molar-refractivity contribution < 1.29 is 9.53 Å². The van der Waals surface area contributed by atoms with Gasteiger partial charge in [-0.3, -0.25) is 0 Å². The lowest BCUT2D eigenvalue weighted by Crippen LogP contribution is -2.24. The average Bonchev–Trinajstić information content (AvgIpc) is 2.04. The summed E-state index contributed by atoms with van der Waals surface area (Å²) in [6.45, 7) is 0. The van der Waals surface area contributed by atoms with Crippen molar-refractivity contribution in [3.63, 3.8) is 0 Å². The van der Waals surface area contributed by atoms with Crippen molar-refractivity contribution in [3.05, 3.63) is 35.9 Å². The highest BCUT2D eigenvalue weighted by Gasteiger charge is 2.30. The second-order valence-electron chi connectivity index (χ2n) is 2.30. The van der Waals surface area contributed by atoms with Gasteiger partial charge < -0.3 is 10.5 Å². The fourth-order valence-electron chi connectivity index (χ4n) is 0.817. The molecule has 0 radical (unpaired) electrons. The predicted octanol–water partition coefficient (Wildman–Crippen LogP) is 2.37. The predicted molar refractivity (Wildman–Crippen MR) is 50.5 cm³/mol. The van der Waals surface area contributed by atoms with Crippen molar-refractivity contribution in [3.8, 4) is 0 Å². The Morgan fingerprint density at radius 3 is 2.31 bits per heavy atom. The lowest BCUT2D eigenvalue weighted by Gasteiger charge is -2.18. The van der Waals surface area contributed by atoms with Gasteiger partial charge in [0, 0.05) is 5.56 Å². The molecule has 1 aromatic carbocycles. The van der Waals surface area contributed by atoms with Crippen molar-refractivity contribution >= 4 is 29.3 Å². The lowest BCUT2D eigenvalue weighted by molar-refractivity contribution is 0.125. The zero-order valence-corrected chi connectivity index (χ0v) is 8.05. The molecule has 0 aliphatic carbocycles. The molecule has 2 N–H and O–H groups in total. The quantitative estimate of drug-likeness (QED) is 0.777. The third-order valence-corrected chi connectivity index (χ3v) is 1.93. The summed E-state index contributed by atoms with van der Waals surface area (Å²) in [5.41, 5.74) is 5.24. The molecule has 0 bridgehead atoms. The maximum atomic E-state index is 10.4. The van der Waals surface area contributed by atoms with E-state index in [1.165, 1.54) is 0 Å². The Kier molecular flexibility index (Phi) is 3.01. The van der Waals surface area contributed by atoms with E-state index in [0.29, 0.717) is 5.56 Å². The third kappa shape index (κ3) is 2.79. The zero-order valence-electron chi connectivity index (χ0n) is 6.54. The van der Waals surface area contributed by atoms with Crippen molar-refractivity contribution in [2.45, 2.75) is 4.52 Å². The molecule has 1 aromatic rings. The van der Waals surface area contributed by atoms with Crippen LogP contribution in [0.15, 0.2) is 30.3 Å². The standard InChI is InChI=1S/C8H7Cl2NO2/c9-8(10,13-7(11)12)6-4-2-1-3-5-6/h1-5H,(H2,11,12). The number of nitrogens with two attached hydrogens (primary N) is 1. The summed E-state index contributed by atoms with van der Waals surface area (Å²) >= 11 is 11.4. The number of rotatable bonds is 2. The van der Waals surface area contributed by atoms with E-state index in [1.54, 1.807) is 30.3 Å². The van der Waals surface area contributed by atoms with Crippen LogP contribution in [0, 0.1) is 0 Å². The van der Waals surface area contributed by atoms with Gasteiger partial charge in [0.05, 0.1) is 0 Å². The maximum absolute atomic E-state index is 10.4. The molecule has 0 saturated carbocycles. The van der Waals surface area contributed by atoms with Crippen LogP contribution < -0.4 is 5.73 Å². The minimum absolute atomic E-state index is 0.456. The van der Waals surface area contributed by atoms with E-state index >= 15 is 0 Å². The topological polar surface area (TPSA) is 52.3 Å². The summed E-state index contributed by atoms with van der Waals surface area (Å²) in [4.78, 5) is 10.4. The molecule has 3 nitrogen and oxygen atoms in total. The molecule has 1 rings (SSSR count). The van der Waals surface area contributed by atoms with Crippen LogP contribution >= 0.6 is 23.2 Å². The molecule has 0 spiro atoms. The number of halogens is 2. The molecule has 0 aromatic heterocycles. The smallest absolute Gasteiger partial charge is 0.407 e. The van der Waals surface area contributed by atoms with Gasteiger partial charge >= 0.3 is 6.09 Å². The van der Waals surface area contributed by atoms with Crippen LogP contribution in [0.4, 0.5) is 4.79 Å². The number of ether oxygens (including phenoxy) is 1. The number of carbonyl (C=O) groups excluding carboxylic acids is 1. The number of alkyl halides is 2. The molecule has 0 heterocycles. The first kappa shape index (κ1) is 10.2. The molecule has 5 heteroatoms. The molecule has 1 amide bonds. The highest BCUT2D eigenvalue weighted by molar-refractivity contribution is 6.47. The van der Waals surface area contributed by atoms with Gasteiger partial charge in [-0.25, -0.2) is 4.79 Å². The van der Waals surface area contributed by atoms with E-state index in [4.69, 9.17) is 28.9 Å². The summed E-state index contributed by atoms with van der Waals surface area (Å²) in [6, 6.07) is 8.49. The Labute approximate surface area is 85.4 Å². The van der Waals surface area contributed by atoms with Crippen molar-refractivity contribution in [1.82, 2.24) is 0 Å². The second-order valence-corrected chi connectivity index (χ2v) is 3.56. The van der Waals surface area contributed by atoms with Crippen LogP contribution in [-0.4, -0.2) is 6.09 Å². The second kappa shape index (κ2) is 3.85. The van der Waals surface area contributed by atoms with Crippen LogP contribution in [0.5, 0.6) is 0 Å². The Morgan fingerprint density at radius 1 is 1.31 bits per heavy atom. The van der Waals surface area contributed by atoms with Crippen molar-refractivity contribution in [2.75, 3.05) is 0 Å². The Hall–Kier alpha value is -0.930. The minimum atomic E-state index is -1.72. The molecule has 0 unspecified atom stereocenters. The Balaban J connectivity index is 2.87. The first-order chi connectivity index (χ1) is 6.02. The molecule has 0 aliphatic rings. The molecule has 0 saturated heterocycles. The lowest BCUT2D eigenvalue weighted by atomic mass is 10.2. The van der Waals surface area contributed by atoms with Crippen LogP contribution in [0.25, 0.3) is 0 Å². The molecular formula is C8H7Cl2NO2. The largest absolute Gasteiger partial charge is 0.408 e. The molecule has 13 heavy (non-hydrogen) atoms. The van der Waals surface area contributed by atoms with Crippen LogP contribution in [-0.2, 0) is 9.26 Å². The summed E-state index contributed by atoms with van der Waals surface area (Å²) in [5.74, 6) is 0. The fourth-order valence-corrected chi connectivity index (χ4v) is 1.22. The van der Waals surface area contributed by atoms with Gasteiger partial charge in [0.2, 0.25) is 0 Å². The molecule has 70 valence electrons. The molecule has 0 aliphatic heterocycles. The summed E-state index contributed by atoms with van der Waals surface area (Å²) in [5, 5.41) is 0. The number of primary amides is 1. The van der Waals surface area contributed by atoms with E-state index in [0.717, 1.165) is 0 Å². The van der Waals surface area contributed by atoms with Crippen LogP contribution in [0.3, 0.4) is 0 Å². The summed E-state index contributed by atoms with van der Waals surface area (Å²) in [6.07, 6.45) is -1.02. The van der Waals surface area contributed by atoms with Crippen molar-refractivity contribution in [1.29, 1.82) is 0 Å². The van der Waals surface area contributed by atoms with Crippen LogP contribution in [0.1, 0.15) is 5.56 Å². The first-order valence-corrected chi connectivity index (χ1v) is 4.20. The highest BCUT2D eigenvalue weighted by Crippen LogP contribution is 2.34. The fraction of sp³-hybridized carbons (Fsp3) is 0.125. The SMILES string of the molecule is NC(=O)OC(Cl)(Cl)c1ccccc1. The third-order valence-electron chi connectivity index (χ3n) is 1.34. The van der Waals surface area contributed by atoms with E-state index in [9.17, 15) is 4.79 Å². The maximum Gasteiger partial charge on any atom is 0.407 e. The first-order valence-electron chi connectivity index (χ1n) is 3.44. The van der Waals surface area contributed by atoms with Gasteiger partial charge in [0.25, 0.3) is 4.52 Å². The van der Waals surface area contributed by atoms with Gasteiger partial charge in [-0.1, -0.05) is 53.5 Å². The van der Waals surface area contributed by atoms with E-state index < -0.39 is 10.6 Å². The average molecular weight is 220 g/mol. The Morgan fingerprint density at radius 2 is 1.85 bits per heavy atom. The minimum Gasteiger partial charge on any atom is -0.408 e. The highest BCUT2D eigenvalue weighted by atomic mass is 35.5. The number of benzene rings is 1. The number of carbonyl (C=O) groups is 1. The normalized spacial score (nSPS) is 10.9. The molecule has 0 fully saturated rings. The number of hydrogen-bond donors (Lipinski definition) is 1. The number of amides is 1. The van der Waals surface area contributed by atoms with Gasteiger partial charge in [-0.15, -0.1) is 0 Å².